The minimum Gasteiger partial charge on any atom is -0.391 e. The number of hydrogen-bond acceptors (Lipinski definition) is 6. The Labute approximate surface area is 190 Å². The van der Waals surface area contributed by atoms with Crippen molar-refractivity contribution in [3.8, 4) is 0 Å². The summed E-state index contributed by atoms with van der Waals surface area (Å²) in [4.78, 5) is 43.8. The molecule has 2 bridgehead atoms. The second-order valence-electron chi connectivity index (χ2n) is 9.05. The molecule has 1 saturated heterocycles. The first kappa shape index (κ1) is 20.8. The Morgan fingerprint density at radius 2 is 1.71 bits per heavy atom. The molecular formula is C23H16F3N3O5. The van der Waals surface area contributed by atoms with Crippen molar-refractivity contribution >= 4 is 28.9 Å². The van der Waals surface area contributed by atoms with Gasteiger partial charge in [0.1, 0.15) is 6.10 Å². The molecule has 2 heterocycles. The van der Waals surface area contributed by atoms with E-state index in [1.165, 1.54) is 24.3 Å². The van der Waals surface area contributed by atoms with Crippen molar-refractivity contribution < 1.29 is 32.5 Å². The van der Waals surface area contributed by atoms with Crippen molar-refractivity contribution in [1.29, 1.82) is 0 Å². The smallest absolute Gasteiger partial charge is 0.391 e. The first-order chi connectivity index (χ1) is 16.2. The van der Waals surface area contributed by atoms with E-state index in [0.29, 0.717) is 17.7 Å². The number of anilines is 1. The van der Waals surface area contributed by atoms with Crippen molar-refractivity contribution in [3.63, 3.8) is 0 Å². The molecule has 11 heteroatoms. The van der Waals surface area contributed by atoms with Crippen LogP contribution in [-0.4, -0.2) is 28.6 Å². The highest BCUT2D eigenvalue weighted by Crippen LogP contribution is 2.62. The van der Waals surface area contributed by atoms with Gasteiger partial charge in [-0.2, -0.15) is 13.2 Å². The van der Waals surface area contributed by atoms with Gasteiger partial charge < -0.3 is 4.84 Å². The van der Waals surface area contributed by atoms with E-state index in [1.807, 2.05) is 0 Å². The van der Waals surface area contributed by atoms with E-state index in [2.05, 4.69) is 5.16 Å². The predicted octanol–water partition coefficient (Wildman–Crippen LogP) is 3.79. The Balaban J connectivity index is 1.33. The number of nitro groups is 1. The molecule has 34 heavy (non-hydrogen) atoms. The first-order valence-corrected chi connectivity index (χ1v) is 10.7. The highest BCUT2D eigenvalue weighted by atomic mass is 19.4. The lowest BCUT2D eigenvalue weighted by molar-refractivity contribution is -0.384. The fourth-order valence-corrected chi connectivity index (χ4v) is 6.22. The zero-order chi connectivity index (χ0) is 23.9. The molecule has 6 rings (SSSR count). The van der Waals surface area contributed by atoms with Crippen LogP contribution in [0, 0.1) is 39.7 Å². The Morgan fingerprint density at radius 1 is 1.00 bits per heavy atom. The van der Waals surface area contributed by atoms with Gasteiger partial charge in [0.2, 0.25) is 11.8 Å². The molecule has 2 aromatic rings. The number of oxime groups is 1. The van der Waals surface area contributed by atoms with Crippen molar-refractivity contribution in [2.45, 2.75) is 18.7 Å². The number of carbonyl (C=O) groups is 2. The van der Waals surface area contributed by atoms with E-state index in [-0.39, 0.29) is 29.1 Å². The molecule has 2 aromatic carbocycles. The number of alkyl halides is 3. The van der Waals surface area contributed by atoms with Crippen LogP contribution in [0.5, 0.6) is 0 Å². The summed E-state index contributed by atoms with van der Waals surface area (Å²) in [6.07, 6.45) is -4.52. The average Bonchev–Trinajstić information content (AvgIpc) is 3.53. The van der Waals surface area contributed by atoms with Gasteiger partial charge >= 0.3 is 6.18 Å². The van der Waals surface area contributed by atoms with Crippen LogP contribution in [0.2, 0.25) is 0 Å². The molecule has 0 aromatic heterocycles. The van der Waals surface area contributed by atoms with Gasteiger partial charge in [0.25, 0.3) is 5.69 Å². The molecule has 8 nitrogen and oxygen atoms in total. The van der Waals surface area contributed by atoms with Gasteiger partial charge in [0.05, 0.1) is 33.7 Å². The van der Waals surface area contributed by atoms with Gasteiger partial charge in [-0.3, -0.25) is 24.6 Å². The maximum Gasteiger partial charge on any atom is 0.416 e. The quantitative estimate of drug-likeness (QED) is 0.385. The lowest BCUT2D eigenvalue weighted by Crippen LogP contribution is -2.41. The number of benzene rings is 2. The highest BCUT2D eigenvalue weighted by molar-refractivity contribution is 6.23. The van der Waals surface area contributed by atoms with Crippen LogP contribution in [0.25, 0.3) is 0 Å². The molecule has 2 aliphatic heterocycles. The van der Waals surface area contributed by atoms with Crippen LogP contribution in [0.15, 0.2) is 53.7 Å². The number of rotatable bonds is 3. The summed E-state index contributed by atoms with van der Waals surface area (Å²) in [5.41, 5.74) is -0.134. The molecule has 2 amide bonds. The summed E-state index contributed by atoms with van der Waals surface area (Å²) in [6.45, 7) is 0. The van der Waals surface area contributed by atoms with Crippen LogP contribution in [-0.2, 0) is 20.6 Å². The summed E-state index contributed by atoms with van der Waals surface area (Å²) in [6, 6.07) is 10.2. The van der Waals surface area contributed by atoms with E-state index in [0.717, 1.165) is 17.0 Å². The van der Waals surface area contributed by atoms with E-state index < -0.39 is 46.4 Å². The van der Waals surface area contributed by atoms with Crippen LogP contribution in [0.3, 0.4) is 0 Å². The number of imide groups is 1. The number of fused-ring (bicyclic) bond motifs is 8. The van der Waals surface area contributed by atoms with Crippen LogP contribution < -0.4 is 4.90 Å². The molecule has 0 unspecified atom stereocenters. The Hall–Kier alpha value is -3.76. The summed E-state index contributed by atoms with van der Waals surface area (Å²) in [5.74, 6) is -3.36. The van der Waals surface area contributed by atoms with Crippen molar-refractivity contribution in [1.82, 2.24) is 0 Å². The second-order valence-corrected chi connectivity index (χ2v) is 9.05. The number of halogens is 3. The average molecular weight is 471 g/mol. The molecule has 2 aliphatic carbocycles. The molecule has 0 spiro atoms. The maximum absolute atomic E-state index is 13.4. The van der Waals surface area contributed by atoms with Crippen LogP contribution in [0.4, 0.5) is 24.5 Å². The standard InChI is InChI=1S/C23H16F3N3O5/c24-23(25,26)11-4-2-5-12(8-11)28-21(30)16-14-9-15(17(16)22(28)31)20-18(14)19(27-34-20)10-3-1-6-13(7-10)29(32)33/h1-8,14-18,20H,9H2/t14-,15-,16-,17-,18+,20-/m1/s1. The van der Waals surface area contributed by atoms with Crippen LogP contribution in [0.1, 0.15) is 17.5 Å². The molecule has 0 N–H and O–H groups in total. The van der Waals surface area contributed by atoms with E-state index in [9.17, 15) is 32.9 Å². The number of carbonyl (C=O) groups excluding carboxylic acids is 2. The lowest BCUT2D eigenvalue weighted by Gasteiger charge is -2.29. The van der Waals surface area contributed by atoms with Crippen LogP contribution >= 0.6 is 0 Å². The van der Waals surface area contributed by atoms with Crippen molar-refractivity contribution in [2.75, 3.05) is 4.90 Å². The van der Waals surface area contributed by atoms with Gasteiger partial charge in [-0.15, -0.1) is 0 Å². The first-order valence-electron chi connectivity index (χ1n) is 10.7. The lowest BCUT2D eigenvalue weighted by atomic mass is 9.71. The van der Waals surface area contributed by atoms with E-state index >= 15 is 0 Å². The second kappa shape index (κ2) is 6.87. The van der Waals surface area contributed by atoms with E-state index in [4.69, 9.17) is 4.84 Å². The zero-order valence-corrected chi connectivity index (χ0v) is 17.3. The fourth-order valence-electron chi connectivity index (χ4n) is 6.22. The molecule has 174 valence electrons. The molecular weight excluding hydrogens is 455 g/mol. The Bertz CT molecular complexity index is 1290. The topological polar surface area (TPSA) is 102 Å². The monoisotopic (exact) mass is 471 g/mol. The van der Waals surface area contributed by atoms with E-state index in [1.54, 1.807) is 12.1 Å². The van der Waals surface area contributed by atoms with Gasteiger partial charge in [-0.05, 0) is 30.5 Å². The number of amides is 2. The molecule has 3 fully saturated rings. The Kier molecular flexibility index (Phi) is 4.21. The molecule has 6 atom stereocenters. The summed E-state index contributed by atoms with van der Waals surface area (Å²) < 4.78 is 39.6. The number of non-ortho nitro benzene ring substituents is 1. The van der Waals surface area contributed by atoms with Gasteiger partial charge in [0.15, 0.2) is 0 Å². The number of nitro benzene ring substituents is 1. The number of nitrogens with zero attached hydrogens (tertiary/aromatic N) is 3. The van der Waals surface area contributed by atoms with Crippen molar-refractivity contribution in [3.05, 3.63) is 69.8 Å². The minimum atomic E-state index is -4.61. The normalized spacial score (nSPS) is 31.4. The largest absolute Gasteiger partial charge is 0.416 e. The third-order valence-electron chi connectivity index (χ3n) is 7.47. The number of hydrogen-bond donors (Lipinski definition) is 0. The SMILES string of the molecule is O=C1[C@@H]2[C@H]3C[C@@H]([C@H]4C(c5cccc([N+](=O)[O-])c5)=NO[C@H]34)[C@H]2C(=O)N1c1cccc(C(F)(F)F)c1. The van der Waals surface area contributed by atoms with Gasteiger partial charge in [0, 0.05) is 29.5 Å². The summed E-state index contributed by atoms with van der Waals surface area (Å²) in [7, 11) is 0. The van der Waals surface area contributed by atoms with Crippen molar-refractivity contribution in [2.24, 2.45) is 34.7 Å². The molecule has 2 saturated carbocycles. The predicted molar refractivity (Wildman–Crippen MR) is 111 cm³/mol. The maximum atomic E-state index is 13.4. The van der Waals surface area contributed by atoms with Gasteiger partial charge in [-0.1, -0.05) is 23.4 Å². The highest BCUT2D eigenvalue weighted by Gasteiger charge is 2.70. The molecule has 4 aliphatic rings. The fraction of sp³-hybridized carbons (Fsp3) is 0.348. The Morgan fingerprint density at radius 3 is 2.41 bits per heavy atom. The third-order valence-corrected chi connectivity index (χ3v) is 7.47. The third kappa shape index (κ3) is 2.75. The summed E-state index contributed by atoms with van der Waals surface area (Å²) in [5, 5.41) is 15.3. The van der Waals surface area contributed by atoms with Gasteiger partial charge in [-0.25, -0.2) is 0 Å². The minimum absolute atomic E-state index is 0.0997. The summed E-state index contributed by atoms with van der Waals surface area (Å²) >= 11 is 0. The zero-order valence-electron chi connectivity index (χ0n) is 17.3. The molecule has 0 radical (unpaired) electrons.